The molecule has 0 spiro atoms. The van der Waals surface area contributed by atoms with Gasteiger partial charge in [0.2, 0.25) is 5.82 Å². The molecule has 3 heterocycles. The van der Waals surface area contributed by atoms with E-state index in [0.717, 1.165) is 4.68 Å². The molecule has 0 fully saturated rings. The van der Waals surface area contributed by atoms with Gasteiger partial charge in [0.25, 0.3) is 6.43 Å². The summed E-state index contributed by atoms with van der Waals surface area (Å²) in [5.41, 5.74) is 0.647. The number of carbonyl (C=O) groups is 1. The van der Waals surface area contributed by atoms with E-state index in [1.54, 1.807) is 6.20 Å². The molecule has 3 aromatic rings. The molecule has 10 heteroatoms. The maximum absolute atomic E-state index is 12.9. The van der Waals surface area contributed by atoms with E-state index in [1.807, 2.05) is 0 Å². The van der Waals surface area contributed by atoms with Crippen molar-refractivity contribution in [2.24, 2.45) is 0 Å². The number of methoxy groups -OCH3 is 1. The lowest BCUT2D eigenvalue weighted by molar-refractivity contribution is 0.0600. The molecular formula is C11H8F2N6O2. The number of pyridine rings is 1. The lowest BCUT2D eigenvalue weighted by Gasteiger charge is -2.08. The van der Waals surface area contributed by atoms with Crippen LogP contribution in [-0.4, -0.2) is 42.7 Å². The molecule has 0 N–H and O–H groups in total. The van der Waals surface area contributed by atoms with Crippen molar-refractivity contribution in [1.82, 2.24) is 29.6 Å². The second-order valence-corrected chi connectivity index (χ2v) is 4.01. The summed E-state index contributed by atoms with van der Waals surface area (Å²) in [6.45, 7) is 0. The number of rotatable bonds is 3. The van der Waals surface area contributed by atoms with Gasteiger partial charge >= 0.3 is 5.97 Å². The predicted molar refractivity (Wildman–Crippen MR) is 64.2 cm³/mol. The average molecular weight is 294 g/mol. The zero-order valence-electron chi connectivity index (χ0n) is 10.6. The van der Waals surface area contributed by atoms with Crippen molar-refractivity contribution in [3.05, 3.63) is 36.0 Å². The van der Waals surface area contributed by atoms with Gasteiger partial charge in [-0.1, -0.05) is 0 Å². The molecule has 3 rings (SSSR count). The molecular weight excluding hydrogens is 286 g/mol. The minimum absolute atomic E-state index is 0.156. The fourth-order valence-corrected chi connectivity index (χ4v) is 1.90. The topological polar surface area (TPSA) is 87.2 Å². The zero-order chi connectivity index (χ0) is 15.0. The number of hydrogen-bond acceptors (Lipinski definition) is 6. The maximum atomic E-state index is 12.9. The highest BCUT2D eigenvalue weighted by Crippen LogP contribution is 2.22. The van der Waals surface area contributed by atoms with Crippen molar-refractivity contribution in [3.8, 4) is 5.69 Å². The Labute approximate surface area is 116 Å². The number of halogens is 2. The molecule has 21 heavy (non-hydrogen) atoms. The fraction of sp³-hybridized carbons (Fsp3) is 0.182. The van der Waals surface area contributed by atoms with Crippen molar-refractivity contribution >= 4 is 11.6 Å². The van der Waals surface area contributed by atoms with Crippen LogP contribution in [0.2, 0.25) is 0 Å². The molecule has 0 radical (unpaired) electrons. The number of imidazole rings is 1. The second-order valence-electron chi connectivity index (χ2n) is 4.01. The Balaban J connectivity index is 2.27. The number of fused-ring (bicyclic) bond motifs is 1. The predicted octanol–water partition coefficient (Wildman–Crippen LogP) is 1.03. The number of carbonyl (C=O) groups excluding carboxylic acids is 1. The third kappa shape index (κ3) is 2.10. The largest absolute Gasteiger partial charge is 0.465 e. The van der Waals surface area contributed by atoms with E-state index < -0.39 is 18.2 Å². The van der Waals surface area contributed by atoms with E-state index >= 15 is 0 Å². The van der Waals surface area contributed by atoms with Gasteiger partial charge in [-0.3, -0.25) is 0 Å². The van der Waals surface area contributed by atoms with Crippen molar-refractivity contribution in [3.63, 3.8) is 0 Å². The maximum Gasteiger partial charge on any atom is 0.339 e. The number of esters is 1. The van der Waals surface area contributed by atoms with Crippen LogP contribution >= 0.6 is 0 Å². The highest BCUT2D eigenvalue weighted by atomic mass is 19.3. The number of nitrogens with zero attached hydrogens (tertiary/aromatic N) is 6. The quantitative estimate of drug-likeness (QED) is 0.671. The number of alkyl halides is 2. The SMILES string of the molecule is COC(=O)c1cc(-n2nnnc2C(F)F)c2nccn2c1. The van der Waals surface area contributed by atoms with Crippen LogP contribution in [0.4, 0.5) is 8.78 Å². The van der Waals surface area contributed by atoms with Gasteiger partial charge in [0, 0.05) is 18.6 Å². The lowest BCUT2D eigenvalue weighted by Crippen LogP contribution is -2.10. The molecule has 0 amide bonds. The van der Waals surface area contributed by atoms with Gasteiger partial charge in [0.05, 0.1) is 12.7 Å². The van der Waals surface area contributed by atoms with E-state index in [1.165, 1.54) is 30.0 Å². The number of tetrazole rings is 1. The van der Waals surface area contributed by atoms with Crippen molar-refractivity contribution < 1.29 is 18.3 Å². The summed E-state index contributed by atoms with van der Waals surface area (Å²) in [5.74, 6) is -1.25. The van der Waals surface area contributed by atoms with Gasteiger partial charge in [0.1, 0.15) is 5.69 Å². The second kappa shape index (κ2) is 4.89. The Kier molecular flexibility index (Phi) is 3.05. The molecule has 3 aromatic heterocycles. The van der Waals surface area contributed by atoms with Crippen LogP contribution in [0.3, 0.4) is 0 Å². The van der Waals surface area contributed by atoms with Crippen LogP contribution in [0.1, 0.15) is 22.6 Å². The van der Waals surface area contributed by atoms with Crippen LogP contribution < -0.4 is 0 Å². The molecule has 0 bridgehead atoms. The van der Waals surface area contributed by atoms with Crippen LogP contribution in [0.25, 0.3) is 11.3 Å². The van der Waals surface area contributed by atoms with Gasteiger partial charge in [-0.25, -0.2) is 18.6 Å². The summed E-state index contributed by atoms with van der Waals surface area (Å²) in [5, 5.41) is 10.0. The first-order valence-corrected chi connectivity index (χ1v) is 5.73. The Hall–Kier alpha value is -2.91. The van der Waals surface area contributed by atoms with E-state index in [2.05, 4.69) is 25.2 Å². The summed E-state index contributed by atoms with van der Waals surface area (Å²) < 4.78 is 32.8. The first kappa shape index (κ1) is 13.1. The van der Waals surface area contributed by atoms with E-state index in [9.17, 15) is 13.6 Å². The number of ether oxygens (including phenoxy) is 1. The molecule has 0 unspecified atom stereocenters. The van der Waals surface area contributed by atoms with Gasteiger partial charge < -0.3 is 9.14 Å². The summed E-state index contributed by atoms with van der Waals surface area (Å²) in [7, 11) is 1.22. The first-order chi connectivity index (χ1) is 10.1. The van der Waals surface area contributed by atoms with Gasteiger partial charge in [-0.15, -0.1) is 5.10 Å². The van der Waals surface area contributed by atoms with Gasteiger partial charge in [-0.2, -0.15) is 4.68 Å². The Morgan fingerprint density at radius 2 is 2.24 bits per heavy atom. The van der Waals surface area contributed by atoms with Crippen LogP contribution in [0.15, 0.2) is 24.7 Å². The standard InChI is InChI=1S/C11H8F2N6O2/c1-21-11(20)6-4-7(9-14-2-3-18(9)5-6)19-10(8(12)13)15-16-17-19/h2-5,8H,1H3. The third-order valence-electron chi connectivity index (χ3n) is 2.81. The van der Waals surface area contributed by atoms with Gasteiger partial charge in [-0.05, 0) is 16.5 Å². The molecule has 0 aromatic carbocycles. The molecule has 0 saturated carbocycles. The minimum Gasteiger partial charge on any atom is -0.465 e. The highest BCUT2D eigenvalue weighted by molar-refractivity contribution is 5.90. The summed E-state index contributed by atoms with van der Waals surface area (Å²) in [6, 6.07) is 1.34. The molecule has 8 nitrogen and oxygen atoms in total. The molecule has 0 aliphatic heterocycles. The van der Waals surface area contributed by atoms with Crippen LogP contribution in [0, 0.1) is 0 Å². The lowest BCUT2D eigenvalue weighted by atomic mass is 10.2. The zero-order valence-corrected chi connectivity index (χ0v) is 10.6. The average Bonchev–Trinajstić information content (AvgIpc) is 3.13. The summed E-state index contributed by atoms with van der Waals surface area (Å²) >= 11 is 0. The minimum atomic E-state index is -2.86. The Morgan fingerprint density at radius 1 is 1.43 bits per heavy atom. The molecule has 0 aliphatic rings. The highest BCUT2D eigenvalue weighted by Gasteiger charge is 2.21. The van der Waals surface area contributed by atoms with Crippen molar-refractivity contribution in [1.29, 1.82) is 0 Å². The fourth-order valence-electron chi connectivity index (χ4n) is 1.90. The molecule has 0 atom stereocenters. The molecule has 108 valence electrons. The van der Waals surface area contributed by atoms with E-state index in [-0.39, 0.29) is 11.3 Å². The van der Waals surface area contributed by atoms with Crippen molar-refractivity contribution in [2.45, 2.75) is 6.43 Å². The molecule has 0 aliphatic carbocycles. The summed E-state index contributed by atoms with van der Waals surface area (Å²) in [4.78, 5) is 15.7. The molecule has 0 saturated heterocycles. The Bertz CT molecular complexity index is 812. The Morgan fingerprint density at radius 3 is 2.95 bits per heavy atom. The normalized spacial score (nSPS) is 11.2. The van der Waals surface area contributed by atoms with E-state index in [4.69, 9.17) is 0 Å². The van der Waals surface area contributed by atoms with Crippen LogP contribution in [0.5, 0.6) is 0 Å². The smallest absolute Gasteiger partial charge is 0.339 e. The summed E-state index contributed by atoms with van der Waals surface area (Å²) in [6.07, 6.45) is 1.64. The number of hydrogen-bond donors (Lipinski definition) is 0. The first-order valence-electron chi connectivity index (χ1n) is 5.73. The number of aromatic nitrogens is 6. The third-order valence-corrected chi connectivity index (χ3v) is 2.81. The van der Waals surface area contributed by atoms with Crippen molar-refractivity contribution in [2.75, 3.05) is 7.11 Å². The van der Waals surface area contributed by atoms with Crippen LogP contribution in [-0.2, 0) is 4.74 Å². The van der Waals surface area contributed by atoms with E-state index in [0.29, 0.717) is 5.65 Å². The van der Waals surface area contributed by atoms with Gasteiger partial charge in [0.15, 0.2) is 5.65 Å². The monoisotopic (exact) mass is 294 g/mol.